The molecule has 7 nitrogen and oxygen atoms in total. The summed E-state index contributed by atoms with van der Waals surface area (Å²) in [5.74, 6) is -3.47. The summed E-state index contributed by atoms with van der Waals surface area (Å²) in [7, 11) is -4.06. The van der Waals surface area contributed by atoms with Crippen molar-refractivity contribution in [3.8, 4) is 0 Å². The van der Waals surface area contributed by atoms with E-state index < -0.39 is 40.2 Å². The van der Waals surface area contributed by atoms with Crippen LogP contribution >= 0.6 is 11.6 Å². The third kappa shape index (κ3) is 7.90. The molecule has 0 unspecified atom stereocenters. The molecule has 35 heavy (non-hydrogen) atoms. The summed E-state index contributed by atoms with van der Waals surface area (Å²) in [5.41, 5.74) is 0.360. The first-order valence-electron chi connectivity index (χ1n) is 11.2. The lowest BCUT2D eigenvalue weighted by Crippen LogP contribution is -2.52. The molecule has 0 heterocycles. The number of hydrogen-bond acceptors (Lipinski definition) is 4. The normalized spacial score (nSPS) is 12.2. The Balaban J connectivity index is 2.43. The van der Waals surface area contributed by atoms with Crippen LogP contribution in [0, 0.1) is 11.6 Å². The number of carbonyl (C=O) groups is 2. The van der Waals surface area contributed by atoms with E-state index in [-0.39, 0.29) is 24.6 Å². The van der Waals surface area contributed by atoms with Crippen LogP contribution in [0.5, 0.6) is 0 Å². The van der Waals surface area contributed by atoms with E-state index >= 15 is 0 Å². The van der Waals surface area contributed by atoms with Gasteiger partial charge in [-0.25, -0.2) is 17.2 Å². The van der Waals surface area contributed by atoms with E-state index in [1.54, 1.807) is 31.2 Å². The molecule has 192 valence electrons. The lowest BCUT2D eigenvalue weighted by atomic mass is 10.1. The number of amides is 2. The van der Waals surface area contributed by atoms with E-state index in [2.05, 4.69) is 5.32 Å². The van der Waals surface area contributed by atoms with E-state index in [0.29, 0.717) is 27.5 Å². The summed E-state index contributed by atoms with van der Waals surface area (Å²) < 4.78 is 52.9. The van der Waals surface area contributed by atoms with Crippen molar-refractivity contribution in [2.45, 2.75) is 45.7 Å². The van der Waals surface area contributed by atoms with Crippen LogP contribution in [0.4, 0.5) is 14.5 Å². The number of sulfonamides is 1. The molecule has 2 rings (SSSR count). The van der Waals surface area contributed by atoms with E-state index in [1.807, 2.05) is 6.92 Å². The molecule has 2 amide bonds. The molecule has 0 fully saturated rings. The van der Waals surface area contributed by atoms with Gasteiger partial charge in [-0.1, -0.05) is 50.1 Å². The molecule has 0 saturated heterocycles. The van der Waals surface area contributed by atoms with Crippen LogP contribution in [0.1, 0.15) is 38.7 Å². The van der Waals surface area contributed by atoms with Gasteiger partial charge >= 0.3 is 0 Å². The maximum Gasteiger partial charge on any atom is 0.244 e. The maximum atomic E-state index is 13.8. The first kappa shape index (κ1) is 28.5. The Morgan fingerprint density at radius 2 is 1.77 bits per heavy atom. The first-order valence-corrected chi connectivity index (χ1v) is 13.5. The highest BCUT2D eigenvalue weighted by Gasteiger charge is 2.32. The molecule has 1 atom stereocenters. The van der Waals surface area contributed by atoms with Crippen LogP contribution in [0.15, 0.2) is 42.5 Å². The first-order chi connectivity index (χ1) is 16.5. The Labute approximate surface area is 210 Å². The number of benzene rings is 2. The monoisotopic (exact) mass is 529 g/mol. The van der Waals surface area contributed by atoms with Crippen molar-refractivity contribution in [2.75, 3.05) is 23.7 Å². The largest absolute Gasteiger partial charge is 0.354 e. The number of anilines is 1. The summed E-state index contributed by atoms with van der Waals surface area (Å²) in [6.45, 7) is 3.39. The van der Waals surface area contributed by atoms with Gasteiger partial charge in [-0.2, -0.15) is 0 Å². The third-order valence-corrected chi connectivity index (χ3v) is 6.89. The number of nitrogens with zero attached hydrogens (tertiary/aromatic N) is 2. The topological polar surface area (TPSA) is 86.8 Å². The minimum Gasteiger partial charge on any atom is -0.354 e. The van der Waals surface area contributed by atoms with Gasteiger partial charge in [-0.3, -0.25) is 13.9 Å². The van der Waals surface area contributed by atoms with Gasteiger partial charge in [0.25, 0.3) is 0 Å². The predicted molar refractivity (Wildman–Crippen MR) is 133 cm³/mol. The molecule has 0 saturated carbocycles. The van der Waals surface area contributed by atoms with Crippen LogP contribution in [0.3, 0.4) is 0 Å². The van der Waals surface area contributed by atoms with Gasteiger partial charge < -0.3 is 10.2 Å². The van der Waals surface area contributed by atoms with Crippen LogP contribution in [0.2, 0.25) is 5.02 Å². The summed E-state index contributed by atoms with van der Waals surface area (Å²) in [6, 6.07) is 8.46. The van der Waals surface area contributed by atoms with Crippen molar-refractivity contribution in [1.29, 1.82) is 0 Å². The fourth-order valence-corrected chi connectivity index (χ4v) is 4.53. The number of unbranched alkanes of at least 4 members (excludes halogenated alkanes) is 1. The fourth-order valence-electron chi connectivity index (χ4n) is 3.49. The van der Waals surface area contributed by atoms with Gasteiger partial charge in [0.05, 0.1) is 11.9 Å². The van der Waals surface area contributed by atoms with Crippen LogP contribution < -0.4 is 9.62 Å². The second-order valence-corrected chi connectivity index (χ2v) is 10.4. The zero-order valence-corrected chi connectivity index (χ0v) is 21.5. The quantitative estimate of drug-likeness (QED) is 0.419. The van der Waals surface area contributed by atoms with Crippen molar-refractivity contribution >= 4 is 39.1 Å². The average Bonchev–Trinajstić information content (AvgIpc) is 2.79. The number of nitrogens with one attached hydrogen (secondary N) is 1. The number of carbonyl (C=O) groups excluding carboxylic acids is 2. The summed E-state index contributed by atoms with van der Waals surface area (Å²) in [5, 5.41) is 3.19. The molecule has 11 heteroatoms. The summed E-state index contributed by atoms with van der Waals surface area (Å²) in [6.07, 6.45) is 2.75. The van der Waals surface area contributed by atoms with Crippen molar-refractivity contribution in [2.24, 2.45) is 0 Å². The molecule has 0 aliphatic carbocycles. The second kappa shape index (κ2) is 12.8. The van der Waals surface area contributed by atoms with Crippen molar-refractivity contribution in [3.63, 3.8) is 0 Å². The SMILES string of the molecule is CCCCNC(=O)[C@H](CC)N(Cc1ccccc1Cl)C(=O)CN(c1ccc(F)c(F)c1)S(C)(=O)=O. The standard InChI is InChI=1S/C24H30ClF2N3O4S/c1-4-6-13-28-24(32)22(5-2)29(15-17-9-7-8-10-19(17)25)23(31)16-30(35(3,33)34)18-11-12-20(26)21(27)14-18/h7-12,14,22H,4-6,13,15-16H2,1-3H3,(H,28,32)/t22-/m0/s1. The molecule has 1 N–H and O–H groups in total. The van der Waals surface area contributed by atoms with Gasteiger partial charge in [-0.05, 0) is 36.6 Å². The third-order valence-electron chi connectivity index (χ3n) is 5.38. The van der Waals surface area contributed by atoms with Crippen molar-refractivity contribution in [1.82, 2.24) is 10.2 Å². The minimum absolute atomic E-state index is 0.0480. The van der Waals surface area contributed by atoms with Gasteiger partial charge in [0.1, 0.15) is 12.6 Å². The van der Waals surface area contributed by atoms with Gasteiger partial charge in [0, 0.05) is 24.2 Å². The highest BCUT2D eigenvalue weighted by Crippen LogP contribution is 2.23. The minimum atomic E-state index is -4.06. The molecular formula is C24H30ClF2N3O4S. The van der Waals surface area contributed by atoms with Crippen molar-refractivity contribution in [3.05, 3.63) is 64.7 Å². The van der Waals surface area contributed by atoms with E-state index in [9.17, 15) is 26.8 Å². The lowest BCUT2D eigenvalue weighted by Gasteiger charge is -2.33. The van der Waals surface area contributed by atoms with Crippen molar-refractivity contribution < 1.29 is 26.8 Å². The number of rotatable bonds is 12. The van der Waals surface area contributed by atoms with Gasteiger partial charge in [-0.15, -0.1) is 0 Å². The lowest BCUT2D eigenvalue weighted by molar-refractivity contribution is -0.140. The smallest absolute Gasteiger partial charge is 0.244 e. The van der Waals surface area contributed by atoms with Crippen LogP contribution in [0.25, 0.3) is 0 Å². The molecule has 2 aromatic carbocycles. The zero-order chi connectivity index (χ0) is 26.2. The van der Waals surface area contributed by atoms with E-state index in [0.717, 1.165) is 31.2 Å². The maximum absolute atomic E-state index is 13.8. The number of halogens is 3. The molecule has 0 radical (unpaired) electrons. The molecule has 0 aliphatic rings. The number of hydrogen-bond donors (Lipinski definition) is 1. The molecule has 2 aromatic rings. The second-order valence-electron chi connectivity index (χ2n) is 8.05. The Morgan fingerprint density at radius 3 is 2.34 bits per heavy atom. The molecule has 0 bridgehead atoms. The average molecular weight is 530 g/mol. The fraction of sp³-hybridized carbons (Fsp3) is 0.417. The summed E-state index contributed by atoms with van der Waals surface area (Å²) >= 11 is 6.29. The van der Waals surface area contributed by atoms with E-state index in [4.69, 9.17) is 11.6 Å². The Hall–Kier alpha value is -2.72. The molecular weight excluding hydrogens is 500 g/mol. The Morgan fingerprint density at radius 1 is 1.09 bits per heavy atom. The summed E-state index contributed by atoms with van der Waals surface area (Å²) in [4.78, 5) is 27.7. The highest BCUT2D eigenvalue weighted by molar-refractivity contribution is 7.92. The highest BCUT2D eigenvalue weighted by atomic mass is 35.5. The zero-order valence-electron chi connectivity index (χ0n) is 19.9. The Bertz CT molecular complexity index is 1150. The Kier molecular flexibility index (Phi) is 10.5. The van der Waals surface area contributed by atoms with E-state index in [1.165, 1.54) is 4.90 Å². The van der Waals surface area contributed by atoms with Crippen LogP contribution in [-0.4, -0.2) is 50.5 Å². The van der Waals surface area contributed by atoms with Gasteiger partial charge in [0.15, 0.2) is 11.6 Å². The van der Waals surface area contributed by atoms with Gasteiger partial charge in [0.2, 0.25) is 21.8 Å². The molecule has 0 aromatic heterocycles. The molecule has 0 spiro atoms. The van der Waals surface area contributed by atoms with Crippen LogP contribution in [-0.2, 0) is 26.2 Å². The predicted octanol–water partition coefficient (Wildman–Crippen LogP) is 4.11. The molecule has 0 aliphatic heterocycles.